The normalized spacial score (nSPS) is 14.3. The molecule has 5 rings (SSSR count). The second-order valence-electron chi connectivity index (χ2n) is 8.45. The number of anilines is 1. The van der Waals surface area contributed by atoms with Gasteiger partial charge in [-0.3, -0.25) is 19.6 Å². The van der Waals surface area contributed by atoms with Crippen molar-refractivity contribution < 1.29 is 19.1 Å². The van der Waals surface area contributed by atoms with E-state index in [2.05, 4.69) is 25.6 Å². The highest BCUT2D eigenvalue weighted by atomic mass is 19.1. The summed E-state index contributed by atoms with van der Waals surface area (Å²) in [4.78, 5) is 33.7. The SMILES string of the molecule is CC(CO)n1cc(C(=O)c2cncc(NC(=O)Cn3cc(C4CC4)nn3)c2)c2cncc(F)c21. The number of ketones is 1. The quantitative estimate of drug-likeness (QED) is 0.384. The lowest BCUT2D eigenvalue weighted by atomic mass is 10.0. The van der Waals surface area contributed by atoms with Crippen LogP contribution in [0.25, 0.3) is 10.9 Å². The van der Waals surface area contributed by atoms with E-state index < -0.39 is 17.6 Å². The predicted molar refractivity (Wildman–Crippen MR) is 120 cm³/mol. The number of halogens is 1. The van der Waals surface area contributed by atoms with Crippen LogP contribution in [0.1, 0.15) is 53.3 Å². The average molecular weight is 463 g/mol. The maximum absolute atomic E-state index is 14.5. The van der Waals surface area contributed by atoms with Crippen molar-refractivity contribution in [3.05, 3.63) is 65.9 Å². The third-order valence-corrected chi connectivity index (χ3v) is 5.81. The summed E-state index contributed by atoms with van der Waals surface area (Å²) in [6.07, 6.45) is 10.8. The van der Waals surface area contributed by atoms with Gasteiger partial charge in [0.1, 0.15) is 6.54 Å². The number of carbonyl (C=O) groups is 2. The van der Waals surface area contributed by atoms with E-state index in [0.717, 1.165) is 24.7 Å². The van der Waals surface area contributed by atoms with E-state index in [1.807, 2.05) is 0 Å². The highest BCUT2D eigenvalue weighted by Crippen LogP contribution is 2.38. The fourth-order valence-corrected chi connectivity index (χ4v) is 3.87. The van der Waals surface area contributed by atoms with Crippen molar-refractivity contribution in [3.8, 4) is 0 Å². The number of hydrogen-bond acceptors (Lipinski definition) is 7. The third kappa shape index (κ3) is 4.17. The number of aliphatic hydroxyl groups excluding tert-OH is 1. The van der Waals surface area contributed by atoms with Gasteiger partial charge in [-0.1, -0.05) is 5.21 Å². The smallest absolute Gasteiger partial charge is 0.246 e. The number of hydrogen-bond donors (Lipinski definition) is 2. The zero-order chi connectivity index (χ0) is 23.8. The molecule has 1 fully saturated rings. The van der Waals surface area contributed by atoms with Gasteiger partial charge in [0, 0.05) is 47.2 Å². The van der Waals surface area contributed by atoms with Gasteiger partial charge in [0.2, 0.25) is 5.91 Å². The summed E-state index contributed by atoms with van der Waals surface area (Å²) in [5.74, 6) is -0.888. The van der Waals surface area contributed by atoms with Crippen molar-refractivity contribution in [1.82, 2.24) is 29.5 Å². The summed E-state index contributed by atoms with van der Waals surface area (Å²) in [6.45, 7) is 1.47. The second-order valence-corrected chi connectivity index (χ2v) is 8.45. The summed E-state index contributed by atoms with van der Waals surface area (Å²) < 4.78 is 17.5. The monoisotopic (exact) mass is 463 g/mol. The molecule has 0 aromatic carbocycles. The largest absolute Gasteiger partial charge is 0.394 e. The summed E-state index contributed by atoms with van der Waals surface area (Å²) in [7, 11) is 0. The van der Waals surface area contributed by atoms with Crippen LogP contribution in [-0.2, 0) is 11.3 Å². The lowest BCUT2D eigenvalue weighted by molar-refractivity contribution is -0.116. The van der Waals surface area contributed by atoms with Crippen LogP contribution in [0.5, 0.6) is 0 Å². The Bertz CT molecular complexity index is 1390. The molecular weight excluding hydrogens is 441 g/mol. The van der Waals surface area contributed by atoms with Gasteiger partial charge in [-0.15, -0.1) is 5.10 Å². The van der Waals surface area contributed by atoms with E-state index in [0.29, 0.717) is 17.0 Å². The minimum atomic E-state index is -0.589. The Morgan fingerprint density at radius 1 is 1.21 bits per heavy atom. The molecule has 2 N–H and O–H groups in total. The molecule has 1 unspecified atom stereocenters. The van der Waals surface area contributed by atoms with Crippen LogP contribution in [0.3, 0.4) is 0 Å². The summed E-state index contributed by atoms with van der Waals surface area (Å²) in [5, 5.41) is 20.7. The van der Waals surface area contributed by atoms with E-state index >= 15 is 0 Å². The zero-order valence-electron chi connectivity index (χ0n) is 18.3. The number of pyridine rings is 2. The number of nitrogens with zero attached hydrogens (tertiary/aromatic N) is 6. The Morgan fingerprint density at radius 3 is 2.76 bits per heavy atom. The highest BCUT2D eigenvalue weighted by Gasteiger charge is 2.27. The van der Waals surface area contributed by atoms with E-state index in [4.69, 9.17) is 0 Å². The molecule has 0 radical (unpaired) electrons. The van der Waals surface area contributed by atoms with Crippen LogP contribution in [0, 0.1) is 5.82 Å². The first-order valence-corrected chi connectivity index (χ1v) is 10.9. The molecule has 4 aromatic heterocycles. The number of aromatic nitrogens is 6. The molecule has 174 valence electrons. The van der Waals surface area contributed by atoms with Gasteiger partial charge in [-0.2, -0.15) is 0 Å². The first kappa shape index (κ1) is 21.8. The highest BCUT2D eigenvalue weighted by molar-refractivity contribution is 6.16. The van der Waals surface area contributed by atoms with E-state index in [9.17, 15) is 19.1 Å². The first-order valence-electron chi connectivity index (χ1n) is 10.9. The molecule has 0 aliphatic heterocycles. The average Bonchev–Trinajstić information content (AvgIpc) is 3.45. The predicted octanol–water partition coefficient (Wildman–Crippen LogP) is 2.46. The van der Waals surface area contributed by atoms with Crippen molar-refractivity contribution in [2.24, 2.45) is 0 Å². The number of carbonyl (C=O) groups excluding carboxylic acids is 2. The Balaban J connectivity index is 1.37. The van der Waals surface area contributed by atoms with Crippen molar-refractivity contribution in [2.45, 2.75) is 38.3 Å². The molecule has 1 aliphatic rings. The van der Waals surface area contributed by atoms with Crippen LogP contribution in [-0.4, -0.2) is 52.9 Å². The number of aliphatic hydroxyl groups is 1. The van der Waals surface area contributed by atoms with Crippen LogP contribution >= 0.6 is 0 Å². The van der Waals surface area contributed by atoms with Crippen molar-refractivity contribution in [1.29, 1.82) is 0 Å². The minimum absolute atomic E-state index is 0.0185. The maximum atomic E-state index is 14.5. The van der Waals surface area contributed by atoms with Crippen molar-refractivity contribution in [3.63, 3.8) is 0 Å². The van der Waals surface area contributed by atoms with Gasteiger partial charge in [-0.25, -0.2) is 9.07 Å². The molecule has 11 heteroatoms. The molecule has 34 heavy (non-hydrogen) atoms. The van der Waals surface area contributed by atoms with Crippen LogP contribution < -0.4 is 5.32 Å². The second kappa shape index (κ2) is 8.75. The van der Waals surface area contributed by atoms with Gasteiger partial charge >= 0.3 is 0 Å². The van der Waals surface area contributed by atoms with Crippen molar-refractivity contribution in [2.75, 3.05) is 11.9 Å². The Hall–Kier alpha value is -3.99. The molecule has 0 bridgehead atoms. The van der Waals surface area contributed by atoms with Crippen LogP contribution in [0.15, 0.2) is 43.2 Å². The molecule has 1 atom stereocenters. The Kier molecular flexibility index (Phi) is 5.62. The fraction of sp³-hybridized carbons (Fsp3) is 0.304. The summed E-state index contributed by atoms with van der Waals surface area (Å²) in [5.41, 5.74) is 1.87. The van der Waals surface area contributed by atoms with Gasteiger partial charge in [0.05, 0.1) is 41.9 Å². The molecule has 0 spiro atoms. The molecule has 1 saturated carbocycles. The number of fused-ring (bicyclic) bond motifs is 1. The third-order valence-electron chi connectivity index (χ3n) is 5.81. The first-order chi connectivity index (χ1) is 16.4. The number of rotatable bonds is 8. The van der Waals surface area contributed by atoms with E-state index in [1.54, 1.807) is 13.1 Å². The molecule has 4 aromatic rings. The molecule has 1 amide bonds. The number of amides is 1. The summed E-state index contributed by atoms with van der Waals surface area (Å²) in [6, 6.07) is 1.07. The van der Waals surface area contributed by atoms with Gasteiger partial charge < -0.3 is 15.0 Å². The molecule has 4 heterocycles. The standard InChI is InChI=1S/C23H22FN7O3/c1-13(12-32)31-9-18(17-7-26-8-19(24)22(17)31)23(34)15-4-16(6-25-5-15)27-21(33)11-30-10-20(28-29-30)14-2-3-14/h4-10,13-14,32H,2-3,11-12H2,1H3,(H,27,33). The van der Waals surface area contributed by atoms with Gasteiger partial charge in [0.15, 0.2) is 11.6 Å². The maximum Gasteiger partial charge on any atom is 0.246 e. The Morgan fingerprint density at radius 2 is 2.00 bits per heavy atom. The topological polar surface area (TPSA) is 128 Å². The van der Waals surface area contributed by atoms with Gasteiger partial charge in [0.25, 0.3) is 0 Å². The lowest BCUT2D eigenvalue weighted by Crippen LogP contribution is -2.19. The van der Waals surface area contributed by atoms with Crippen LogP contribution in [0.4, 0.5) is 10.1 Å². The zero-order valence-corrected chi connectivity index (χ0v) is 18.3. The molecule has 1 aliphatic carbocycles. The minimum Gasteiger partial charge on any atom is -0.394 e. The number of nitrogens with one attached hydrogen (secondary N) is 1. The summed E-state index contributed by atoms with van der Waals surface area (Å²) >= 11 is 0. The van der Waals surface area contributed by atoms with Crippen LogP contribution in [0.2, 0.25) is 0 Å². The molecular formula is C23H22FN7O3. The fourth-order valence-electron chi connectivity index (χ4n) is 3.87. The van der Waals surface area contributed by atoms with Gasteiger partial charge in [-0.05, 0) is 25.8 Å². The van der Waals surface area contributed by atoms with Crippen molar-refractivity contribution >= 4 is 28.3 Å². The Labute approximate surface area is 193 Å². The molecule has 0 saturated heterocycles. The lowest BCUT2D eigenvalue weighted by Gasteiger charge is -2.11. The van der Waals surface area contributed by atoms with E-state index in [1.165, 1.54) is 40.1 Å². The molecule has 10 nitrogen and oxygen atoms in total. The van der Waals surface area contributed by atoms with E-state index in [-0.39, 0.29) is 35.7 Å².